The summed E-state index contributed by atoms with van der Waals surface area (Å²) in [6.07, 6.45) is 15.6. The van der Waals surface area contributed by atoms with E-state index in [1.54, 1.807) is 0 Å². The van der Waals surface area contributed by atoms with Crippen molar-refractivity contribution in [3.8, 4) is 9.75 Å². The lowest BCUT2D eigenvalue weighted by Gasteiger charge is -1.99. The zero-order chi connectivity index (χ0) is 14.8. The predicted molar refractivity (Wildman–Crippen MR) is 99.3 cm³/mol. The maximum Gasteiger partial charge on any atom is 0.0514 e. The quantitative estimate of drug-likeness (QED) is 0.395. The standard InChI is InChI=1S/C19H26S2/c1-2-3-4-5-6-7-8-9-10-12-17-14-16-21-19(17)18-13-11-15-20-18/h10-16H,2-9H2,1H3. The van der Waals surface area contributed by atoms with E-state index in [1.807, 2.05) is 22.7 Å². The second-order valence-corrected chi connectivity index (χ2v) is 7.36. The highest BCUT2D eigenvalue weighted by atomic mass is 32.1. The summed E-state index contributed by atoms with van der Waals surface area (Å²) in [5.74, 6) is 0. The van der Waals surface area contributed by atoms with Crippen molar-refractivity contribution >= 4 is 28.7 Å². The predicted octanol–water partition coefficient (Wildman–Crippen LogP) is 7.63. The van der Waals surface area contributed by atoms with Gasteiger partial charge in [0.15, 0.2) is 0 Å². The van der Waals surface area contributed by atoms with Crippen LogP contribution in [0.25, 0.3) is 15.8 Å². The lowest BCUT2D eigenvalue weighted by atomic mass is 10.1. The molecule has 0 N–H and O–H groups in total. The van der Waals surface area contributed by atoms with Crippen molar-refractivity contribution in [3.05, 3.63) is 40.6 Å². The molecule has 2 aromatic rings. The van der Waals surface area contributed by atoms with Crippen LogP contribution in [0.15, 0.2) is 35.0 Å². The number of unbranched alkanes of at least 4 members (excludes halogenated alkanes) is 7. The van der Waals surface area contributed by atoms with Crippen LogP contribution in [0.5, 0.6) is 0 Å². The Bertz CT molecular complexity index is 505. The Kier molecular flexibility index (Phi) is 7.83. The van der Waals surface area contributed by atoms with Crippen molar-refractivity contribution in [1.82, 2.24) is 0 Å². The molecule has 0 aliphatic rings. The molecule has 114 valence electrons. The lowest BCUT2D eigenvalue weighted by molar-refractivity contribution is 0.592. The van der Waals surface area contributed by atoms with E-state index in [1.165, 1.54) is 66.7 Å². The van der Waals surface area contributed by atoms with E-state index < -0.39 is 0 Å². The van der Waals surface area contributed by atoms with Crippen LogP contribution in [0.2, 0.25) is 0 Å². The van der Waals surface area contributed by atoms with Gasteiger partial charge in [-0.2, -0.15) is 0 Å². The molecule has 2 aromatic heterocycles. The van der Waals surface area contributed by atoms with Gasteiger partial charge in [-0.05, 0) is 41.3 Å². The molecule has 0 atom stereocenters. The fraction of sp³-hybridized carbons (Fsp3) is 0.474. The molecule has 2 rings (SSSR count). The summed E-state index contributed by atoms with van der Waals surface area (Å²) >= 11 is 3.67. The van der Waals surface area contributed by atoms with Gasteiger partial charge in [-0.25, -0.2) is 0 Å². The minimum atomic E-state index is 1.22. The van der Waals surface area contributed by atoms with Gasteiger partial charge in [0.1, 0.15) is 0 Å². The van der Waals surface area contributed by atoms with Crippen LogP contribution >= 0.6 is 22.7 Å². The Morgan fingerprint density at radius 1 is 0.905 bits per heavy atom. The third kappa shape index (κ3) is 5.80. The third-order valence-electron chi connectivity index (χ3n) is 3.71. The van der Waals surface area contributed by atoms with Crippen LogP contribution in [-0.4, -0.2) is 0 Å². The fourth-order valence-electron chi connectivity index (χ4n) is 2.49. The first-order chi connectivity index (χ1) is 10.4. The van der Waals surface area contributed by atoms with E-state index in [9.17, 15) is 0 Å². The van der Waals surface area contributed by atoms with Crippen molar-refractivity contribution in [2.75, 3.05) is 0 Å². The van der Waals surface area contributed by atoms with E-state index >= 15 is 0 Å². The molecule has 0 radical (unpaired) electrons. The Morgan fingerprint density at radius 2 is 1.71 bits per heavy atom. The van der Waals surface area contributed by atoms with Gasteiger partial charge in [0.25, 0.3) is 0 Å². The molecule has 0 spiro atoms. The number of allylic oxidation sites excluding steroid dienone is 1. The van der Waals surface area contributed by atoms with Crippen LogP contribution < -0.4 is 0 Å². The first-order valence-corrected chi connectivity index (χ1v) is 9.95. The molecule has 2 heterocycles. The highest BCUT2D eigenvalue weighted by Crippen LogP contribution is 2.33. The summed E-state index contributed by atoms with van der Waals surface area (Å²) in [4.78, 5) is 2.81. The first kappa shape index (κ1) is 16.5. The molecule has 0 unspecified atom stereocenters. The summed E-state index contributed by atoms with van der Waals surface area (Å²) in [6, 6.07) is 6.58. The summed E-state index contributed by atoms with van der Waals surface area (Å²) < 4.78 is 0. The molecule has 0 bridgehead atoms. The smallest absolute Gasteiger partial charge is 0.0514 e. The summed E-state index contributed by atoms with van der Waals surface area (Å²) in [5.41, 5.74) is 1.38. The van der Waals surface area contributed by atoms with Crippen LogP contribution in [0.3, 0.4) is 0 Å². The Balaban J connectivity index is 1.67. The van der Waals surface area contributed by atoms with Crippen molar-refractivity contribution in [2.45, 2.75) is 58.3 Å². The Labute approximate surface area is 137 Å². The molecule has 0 saturated carbocycles. The van der Waals surface area contributed by atoms with E-state index in [2.05, 4.69) is 48.0 Å². The number of hydrogen-bond donors (Lipinski definition) is 0. The highest BCUT2D eigenvalue weighted by molar-refractivity contribution is 7.20. The summed E-state index contributed by atoms with van der Waals surface area (Å²) in [6.45, 7) is 2.28. The third-order valence-corrected chi connectivity index (χ3v) is 5.69. The number of hydrogen-bond acceptors (Lipinski definition) is 2. The normalized spacial score (nSPS) is 11.5. The van der Waals surface area contributed by atoms with Gasteiger partial charge < -0.3 is 0 Å². The van der Waals surface area contributed by atoms with Gasteiger partial charge in [-0.15, -0.1) is 22.7 Å². The van der Waals surface area contributed by atoms with Gasteiger partial charge in [-0.1, -0.05) is 63.7 Å². The van der Waals surface area contributed by atoms with E-state index in [-0.39, 0.29) is 0 Å². The summed E-state index contributed by atoms with van der Waals surface area (Å²) in [5, 5.41) is 4.35. The van der Waals surface area contributed by atoms with Gasteiger partial charge in [0.05, 0.1) is 4.88 Å². The van der Waals surface area contributed by atoms with E-state index in [0.29, 0.717) is 0 Å². The van der Waals surface area contributed by atoms with Gasteiger partial charge >= 0.3 is 0 Å². The van der Waals surface area contributed by atoms with E-state index in [0.717, 1.165) is 0 Å². The van der Waals surface area contributed by atoms with Crippen LogP contribution in [0.1, 0.15) is 63.9 Å². The zero-order valence-electron chi connectivity index (χ0n) is 13.0. The largest absolute Gasteiger partial charge is 0.143 e. The molecular weight excluding hydrogens is 292 g/mol. The van der Waals surface area contributed by atoms with Gasteiger partial charge in [-0.3, -0.25) is 0 Å². The van der Waals surface area contributed by atoms with Crippen LogP contribution in [-0.2, 0) is 0 Å². The topological polar surface area (TPSA) is 0 Å². The van der Waals surface area contributed by atoms with Crippen molar-refractivity contribution < 1.29 is 0 Å². The molecule has 0 saturated heterocycles. The van der Waals surface area contributed by atoms with Gasteiger partial charge in [0.2, 0.25) is 0 Å². The molecule has 0 nitrogen and oxygen atoms in total. The molecule has 0 amide bonds. The minimum absolute atomic E-state index is 1.22. The molecule has 0 aliphatic carbocycles. The van der Waals surface area contributed by atoms with Crippen LogP contribution in [0, 0.1) is 0 Å². The first-order valence-electron chi connectivity index (χ1n) is 8.19. The Morgan fingerprint density at radius 3 is 2.48 bits per heavy atom. The maximum absolute atomic E-state index is 2.35. The zero-order valence-corrected chi connectivity index (χ0v) is 14.6. The van der Waals surface area contributed by atoms with Gasteiger partial charge in [0, 0.05) is 4.88 Å². The molecule has 0 aromatic carbocycles. The molecule has 0 aliphatic heterocycles. The van der Waals surface area contributed by atoms with Crippen molar-refractivity contribution in [1.29, 1.82) is 0 Å². The number of rotatable bonds is 10. The second kappa shape index (κ2) is 9.97. The average molecular weight is 319 g/mol. The van der Waals surface area contributed by atoms with Crippen molar-refractivity contribution in [2.24, 2.45) is 0 Å². The molecule has 2 heteroatoms. The molecule has 21 heavy (non-hydrogen) atoms. The lowest BCUT2D eigenvalue weighted by Crippen LogP contribution is -1.79. The second-order valence-electron chi connectivity index (χ2n) is 5.49. The minimum Gasteiger partial charge on any atom is -0.143 e. The summed E-state index contributed by atoms with van der Waals surface area (Å²) in [7, 11) is 0. The molecular formula is C19H26S2. The fourth-order valence-corrected chi connectivity index (χ4v) is 4.27. The average Bonchev–Trinajstić information content (AvgIpc) is 3.16. The maximum atomic E-state index is 2.35. The Hall–Kier alpha value is -0.860. The monoisotopic (exact) mass is 318 g/mol. The number of thiophene rings is 2. The highest BCUT2D eigenvalue weighted by Gasteiger charge is 2.04. The van der Waals surface area contributed by atoms with E-state index in [4.69, 9.17) is 0 Å². The van der Waals surface area contributed by atoms with Crippen molar-refractivity contribution in [3.63, 3.8) is 0 Å². The van der Waals surface area contributed by atoms with Crippen LogP contribution in [0.4, 0.5) is 0 Å². The molecule has 0 fully saturated rings. The SMILES string of the molecule is CCCCCCCCCC=Cc1ccsc1-c1cccs1.